The minimum Gasteiger partial charge on any atom is -0.478 e. The summed E-state index contributed by atoms with van der Waals surface area (Å²) in [5, 5.41) is 10.9. The zero-order chi connectivity index (χ0) is 20.4. The molecule has 0 spiro atoms. The number of aromatic carboxylic acids is 1. The molecule has 27 heavy (non-hydrogen) atoms. The summed E-state index contributed by atoms with van der Waals surface area (Å²) in [6.07, 6.45) is -5.41. The topological polar surface area (TPSA) is 130 Å². The van der Waals surface area contributed by atoms with Crippen LogP contribution in [-0.4, -0.2) is 46.0 Å². The van der Waals surface area contributed by atoms with E-state index in [1.54, 1.807) is 0 Å². The second kappa shape index (κ2) is 7.43. The zero-order valence-electron chi connectivity index (χ0n) is 13.3. The molecule has 1 aliphatic heterocycles. The van der Waals surface area contributed by atoms with Crippen molar-refractivity contribution < 1.29 is 47.1 Å². The molecule has 0 unspecified atom stereocenters. The number of alkyl halides is 3. The Labute approximate surface area is 148 Å². The summed E-state index contributed by atoms with van der Waals surface area (Å²) in [7, 11) is 0. The number of hydrogen-bond donors (Lipinski definition) is 2. The van der Waals surface area contributed by atoms with Gasteiger partial charge in [0.1, 0.15) is 0 Å². The normalized spacial score (nSPS) is 14.3. The highest BCUT2D eigenvalue weighted by molar-refractivity contribution is 6.03. The summed E-state index contributed by atoms with van der Waals surface area (Å²) in [5.74, 6) is -6.51. The monoisotopic (exact) mass is 388 g/mol. The van der Waals surface area contributed by atoms with Gasteiger partial charge in [-0.25, -0.2) is 9.59 Å². The maximum atomic E-state index is 12.2. The fourth-order valence-corrected chi connectivity index (χ4v) is 2.13. The van der Waals surface area contributed by atoms with Gasteiger partial charge in [0.2, 0.25) is 0 Å². The van der Waals surface area contributed by atoms with E-state index in [0.717, 1.165) is 18.2 Å². The summed E-state index contributed by atoms with van der Waals surface area (Å²) < 4.78 is 36.6. The summed E-state index contributed by atoms with van der Waals surface area (Å²) >= 11 is 0. The number of amides is 3. The number of nitrogens with zero attached hydrogens (tertiary/aromatic N) is 1. The van der Waals surface area contributed by atoms with Gasteiger partial charge in [0, 0.05) is 19.4 Å². The van der Waals surface area contributed by atoms with E-state index in [9.17, 15) is 37.1 Å². The van der Waals surface area contributed by atoms with Gasteiger partial charge in [0.15, 0.2) is 0 Å². The molecule has 1 aliphatic rings. The quantitative estimate of drug-likeness (QED) is 0.713. The van der Waals surface area contributed by atoms with Crippen LogP contribution in [0.15, 0.2) is 18.2 Å². The summed E-state index contributed by atoms with van der Waals surface area (Å²) in [6, 6.07) is 2.82. The van der Waals surface area contributed by atoms with Crippen LogP contribution in [0.3, 0.4) is 0 Å². The Morgan fingerprint density at radius 3 is 2.26 bits per heavy atom. The lowest BCUT2D eigenvalue weighted by atomic mass is 10.0. The number of benzene rings is 1. The van der Waals surface area contributed by atoms with Gasteiger partial charge in [-0.2, -0.15) is 13.2 Å². The van der Waals surface area contributed by atoms with E-state index in [-0.39, 0.29) is 29.0 Å². The van der Waals surface area contributed by atoms with Crippen LogP contribution >= 0.6 is 0 Å². The van der Waals surface area contributed by atoms with E-state index in [1.165, 1.54) is 5.32 Å². The molecule has 1 fully saturated rings. The molecule has 1 saturated heterocycles. The van der Waals surface area contributed by atoms with E-state index < -0.39 is 47.9 Å². The van der Waals surface area contributed by atoms with Gasteiger partial charge in [-0.1, -0.05) is 6.07 Å². The van der Waals surface area contributed by atoms with Crippen molar-refractivity contribution in [1.29, 1.82) is 0 Å². The van der Waals surface area contributed by atoms with Gasteiger partial charge in [-0.3, -0.25) is 14.4 Å². The summed E-state index contributed by atoms with van der Waals surface area (Å²) in [6.45, 7) is -0.752. The molecule has 1 aromatic rings. The number of nitrogens with one attached hydrogen (secondary N) is 1. The van der Waals surface area contributed by atoms with Crippen molar-refractivity contribution in [1.82, 2.24) is 10.4 Å². The number of imide groups is 1. The minimum atomic E-state index is -5.14. The molecule has 0 bridgehead atoms. The highest BCUT2D eigenvalue weighted by Gasteiger charge is 2.38. The molecule has 1 aromatic carbocycles. The third-order valence-electron chi connectivity index (χ3n) is 3.45. The maximum absolute atomic E-state index is 12.2. The maximum Gasteiger partial charge on any atom is 0.471 e. The first-order valence-corrected chi connectivity index (χ1v) is 7.30. The summed E-state index contributed by atoms with van der Waals surface area (Å²) in [5.41, 5.74) is -1.12. The third kappa shape index (κ3) is 4.59. The lowest BCUT2D eigenvalue weighted by Gasteiger charge is -2.14. The standard InChI is InChI=1S/C15H11F3N2O7/c16-15(17,18)14(26)19-6-8-2-1-7(5-9(8)12(23)24)13(25)27-20-10(21)3-4-11(20)22/h1-2,5H,3-4,6H2,(H,19,26)(H,23,24). The molecule has 1 heterocycles. The molecule has 3 amide bonds. The van der Waals surface area contributed by atoms with Crippen LogP contribution < -0.4 is 5.32 Å². The van der Waals surface area contributed by atoms with Gasteiger partial charge in [-0.15, -0.1) is 5.06 Å². The van der Waals surface area contributed by atoms with Crippen molar-refractivity contribution >= 4 is 29.7 Å². The first kappa shape index (κ1) is 19.9. The van der Waals surface area contributed by atoms with Crippen LogP contribution in [0.1, 0.15) is 39.1 Å². The average Bonchev–Trinajstić information content (AvgIpc) is 2.90. The van der Waals surface area contributed by atoms with Gasteiger partial charge < -0.3 is 15.3 Å². The Balaban J connectivity index is 2.18. The predicted octanol–water partition coefficient (Wildman–Crippen LogP) is 0.784. The number of hydrogen-bond acceptors (Lipinski definition) is 6. The molecule has 144 valence electrons. The number of rotatable bonds is 5. The molecular formula is C15H11F3N2O7. The number of carboxylic acids is 1. The zero-order valence-corrected chi connectivity index (χ0v) is 13.3. The Morgan fingerprint density at radius 1 is 1.15 bits per heavy atom. The van der Waals surface area contributed by atoms with E-state index in [0.29, 0.717) is 0 Å². The first-order valence-electron chi connectivity index (χ1n) is 7.30. The molecule has 2 N–H and O–H groups in total. The molecule has 0 saturated carbocycles. The van der Waals surface area contributed by atoms with E-state index >= 15 is 0 Å². The smallest absolute Gasteiger partial charge is 0.471 e. The van der Waals surface area contributed by atoms with Crippen LogP contribution in [0, 0.1) is 0 Å². The first-order chi connectivity index (χ1) is 12.5. The fourth-order valence-electron chi connectivity index (χ4n) is 2.13. The van der Waals surface area contributed by atoms with E-state index in [2.05, 4.69) is 4.84 Å². The van der Waals surface area contributed by atoms with Crippen molar-refractivity contribution in [2.75, 3.05) is 0 Å². The third-order valence-corrected chi connectivity index (χ3v) is 3.45. The fraction of sp³-hybridized carbons (Fsp3) is 0.267. The largest absolute Gasteiger partial charge is 0.478 e. The Bertz CT molecular complexity index is 819. The molecule has 0 aliphatic carbocycles. The lowest BCUT2D eigenvalue weighted by molar-refractivity contribution is -0.173. The Hall–Kier alpha value is -3.44. The van der Waals surface area contributed by atoms with E-state index in [1.807, 2.05) is 0 Å². The molecule has 0 radical (unpaired) electrons. The molecule has 9 nitrogen and oxygen atoms in total. The van der Waals surface area contributed by atoms with Gasteiger partial charge >= 0.3 is 24.0 Å². The van der Waals surface area contributed by atoms with Crippen LogP contribution in [0.4, 0.5) is 13.2 Å². The van der Waals surface area contributed by atoms with Crippen molar-refractivity contribution in [2.24, 2.45) is 0 Å². The molecule has 12 heteroatoms. The SMILES string of the molecule is O=C(ON1C(=O)CCC1=O)c1ccc(CNC(=O)C(F)(F)F)c(C(=O)O)c1. The van der Waals surface area contributed by atoms with Crippen molar-refractivity contribution in [3.63, 3.8) is 0 Å². The summed E-state index contributed by atoms with van der Waals surface area (Å²) in [4.78, 5) is 61.5. The second-order valence-electron chi connectivity index (χ2n) is 5.32. The lowest BCUT2D eigenvalue weighted by Crippen LogP contribution is -2.36. The number of halogens is 3. The highest BCUT2D eigenvalue weighted by atomic mass is 19.4. The molecule has 0 aromatic heterocycles. The van der Waals surface area contributed by atoms with Gasteiger partial charge in [0.25, 0.3) is 11.8 Å². The molecular weight excluding hydrogens is 377 g/mol. The highest BCUT2D eigenvalue weighted by Crippen LogP contribution is 2.18. The minimum absolute atomic E-state index is 0.135. The van der Waals surface area contributed by atoms with Crippen LogP contribution in [-0.2, 0) is 25.8 Å². The van der Waals surface area contributed by atoms with Crippen LogP contribution in [0.5, 0.6) is 0 Å². The number of carboxylic acid groups (broad SMARTS) is 1. The number of carbonyl (C=O) groups excluding carboxylic acids is 4. The van der Waals surface area contributed by atoms with Gasteiger partial charge in [0.05, 0.1) is 11.1 Å². The average molecular weight is 388 g/mol. The Kier molecular flexibility index (Phi) is 5.47. The molecule has 2 rings (SSSR count). The predicted molar refractivity (Wildman–Crippen MR) is 77.8 cm³/mol. The van der Waals surface area contributed by atoms with Gasteiger partial charge in [-0.05, 0) is 17.7 Å². The second-order valence-corrected chi connectivity index (χ2v) is 5.32. The van der Waals surface area contributed by atoms with Crippen molar-refractivity contribution in [3.8, 4) is 0 Å². The van der Waals surface area contributed by atoms with E-state index in [4.69, 9.17) is 5.11 Å². The number of carbonyl (C=O) groups is 5. The van der Waals surface area contributed by atoms with Crippen LogP contribution in [0.25, 0.3) is 0 Å². The van der Waals surface area contributed by atoms with Crippen molar-refractivity contribution in [2.45, 2.75) is 25.6 Å². The molecule has 0 atom stereocenters. The van der Waals surface area contributed by atoms with Crippen molar-refractivity contribution in [3.05, 3.63) is 34.9 Å². The number of hydroxylamine groups is 2. The Morgan fingerprint density at radius 2 is 1.74 bits per heavy atom. The van der Waals surface area contributed by atoms with Crippen LogP contribution in [0.2, 0.25) is 0 Å².